The average Bonchev–Trinajstić information content (AvgIpc) is 3.06. The number of pyridine rings is 1. The smallest absolute Gasteiger partial charge is 0.250 e. The molecule has 0 aliphatic rings. The Morgan fingerprint density at radius 1 is 1.11 bits per heavy atom. The van der Waals surface area contributed by atoms with Crippen LogP contribution < -0.4 is 11.1 Å². The van der Waals surface area contributed by atoms with Crippen molar-refractivity contribution in [1.82, 2.24) is 14.8 Å². The van der Waals surface area contributed by atoms with Gasteiger partial charge < -0.3 is 11.1 Å². The minimum atomic E-state index is -0.524. The summed E-state index contributed by atoms with van der Waals surface area (Å²) < 4.78 is 15.7. The first-order chi connectivity index (χ1) is 13.1. The number of para-hydroxylation sites is 1. The standard InChI is InChI=1S/C20H16FN5O/c21-16-7-3-1-5-13(16)12-26-18-9-19(23-10-14(18)11-24-26)25-17-8-4-2-6-15(17)20(22)27/h1-11H,12H2,(H2,22,27)(H,23,25). The summed E-state index contributed by atoms with van der Waals surface area (Å²) in [5.74, 6) is -0.265. The van der Waals surface area contributed by atoms with Gasteiger partial charge >= 0.3 is 0 Å². The van der Waals surface area contributed by atoms with Crippen molar-refractivity contribution in [2.45, 2.75) is 6.54 Å². The third-order valence-electron chi connectivity index (χ3n) is 4.26. The predicted octanol–water partition coefficient (Wildman–Crippen LogP) is 3.46. The highest BCUT2D eigenvalue weighted by Gasteiger charge is 2.11. The van der Waals surface area contributed by atoms with Crippen LogP contribution in [0, 0.1) is 5.82 Å². The SMILES string of the molecule is NC(=O)c1ccccc1Nc1cc2c(cn1)cnn2Cc1ccccc1F. The summed E-state index contributed by atoms with van der Waals surface area (Å²) in [5, 5.41) is 8.28. The minimum Gasteiger partial charge on any atom is -0.366 e. The molecule has 1 amide bonds. The normalized spacial score (nSPS) is 10.9. The van der Waals surface area contributed by atoms with Gasteiger partial charge in [-0.25, -0.2) is 9.37 Å². The molecule has 4 rings (SSSR count). The van der Waals surface area contributed by atoms with Gasteiger partial charge in [0, 0.05) is 23.2 Å². The minimum absolute atomic E-state index is 0.274. The number of nitrogens with one attached hydrogen (secondary N) is 1. The Morgan fingerprint density at radius 3 is 2.70 bits per heavy atom. The molecule has 0 spiro atoms. The third kappa shape index (κ3) is 3.35. The fourth-order valence-electron chi connectivity index (χ4n) is 2.90. The van der Waals surface area contributed by atoms with Gasteiger partial charge in [-0.2, -0.15) is 5.10 Å². The van der Waals surface area contributed by atoms with E-state index >= 15 is 0 Å². The van der Waals surface area contributed by atoms with Crippen LogP contribution in [0.1, 0.15) is 15.9 Å². The van der Waals surface area contributed by atoms with Crippen LogP contribution in [-0.2, 0) is 6.54 Å². The van der Waals surface area contributed by atoms with E-state index in [2.05, 4.69) is 15.4 Å². The molecule has 0 aliphatic carbocycles. The highest BCUT2D eigenvalue weighted by atomic mass is 19.1. The van der Waals surface area contributed by atoms with Crippen molar-refractivity contribution < 1.29 is 9.18 Å². The van der Waals surface area contributed by atoms with E-state index in [1.807, 2.05) is 0 Å². The molecule has 27 heavy (non-hydrogen) atoms. The van der Waals surface area contributed by atoms with Gasteiger partial charge in [0.1, 0.15) is 11.6 Å². The van der Waals surface area contributed by atoms with Crippen LogP contribution in [0.4, 0.5) is 15.9 Å². The van der Waals surface area contributed by atoms with Gasteiger partial charge in [0.25, 0.3) is 5.91 Å². The Kier molecular flexibility index (Phi) is 4.25. The van der Waals surface area contributed by atoms with Gasteiger partial charge in [-0.15, -0.1) is 0 Å². The Morgan fingerprint density at radius 2 is 1.89 bits per heavy atom. The lowest BCUT2D eigenvalue weighted by atomic mass is 10.1. The first-order valence-corrected chi connectivity index (χ1v) is 8.32. The Balaban J connectivity index is 1.68. The van der Waals surface area contributed by atoms with E-state index < -0.39 is 5.91 Å². The summed E-state index contributed by atoms with van der Waals surface area (Å²) in [6.07, 6.45) is 3.36. The number of aromatic nitrogens is 3. The molecule has 0 fully saturated rings. The van der Waals surface area contributed by atoms with Crippen molar-refractivity contribution in [2.75, 3.05) is 5.32 Å². The van der Waals surface area contributed by atoms with E-state index in [-0.39, 0.29) is 5.82 Å². The number of rotatable bonds is 5. The first-order valence-electron chi connectivity index (χ1n) is 8.32. The van der Waals surface area contributed by atoms with Gasteiger partial charge in [0.2, 0.25) is 0 Å². The summed E-state index contributed by atoms with van der Waals surface area (Å²) in [7, 11) is 0. The number of hydrogen-bond donors (Lipinski definition) is 2. The topological polar surface area (TPSA) is 85.8 Å². The van der Waals surface area contributed by atoms with Crippen LogP contribution in [0.5, 0.6) is 0 Å². The molecule has 0 atom stereocenters. The van der Waals surface area contributed by atoms with Crippen LogP contribution in [-0.4, -0.2) is 20.7 Å². The largest absolute Gasteiger partial charge is 0.366 e. The molecule has 2 heterocycles. The molecule has 0 saturated heterocycles. The zero-order valence-electron chi connectivity index (χ0n) is 14.3. The highest BCUT2D eigenvalue weighted by Crippen LogP contribution is 2.23. The monoisotopic (exact) mass is 361 g/mol. The summed E-state index contributed by atoms with van der Waals surface area (Å²) in [6, 6.07) is 15.3. The second kappa shape index (κ2) is 6.87. The number of carbonyl (C=O) groups excluding carboxylic acids is 1. The lowest BCUT2D eigenvalue weighted by molar-refractivity contribution is 0.100. The summed E-state index contributed by atoms with van der Waals surface area (Å²) in [5.41, 5.74) is 7.71. The van der Waals surface area contributed by atoms with Gasteiger partial charge in [0.05, 0.1) is 29.5 Å². The quantitative estimate of drug-likeness (QED) is 0.570. The van der Waals surface area contributed by atoms with Crippen molar-refractivity contribution in [2.24, 2.45) is 5.73 Å². The van der Waals surface area contributed by atoms with Gasteiger partial charge in [-0.3, -0.25) is 9.48 Å². The molecule has 0 saturated carbocycles. The van der Waals surface area contributed by atoms with Crippen molar-refractivity contribution in [3.8, 4) is 0 Å². The van der Waals surface area contributed by atoms with Crippen molar-refractivity contribution >= 4 is 28.3 Å². The van der Waals surface area contributed by atoms with Crippen molar-refractivity contribution in [1.29, 1.82) is 0 Å². The number of nitrogens with zero attached hydrogens (tertiary/aromatic N) is 3. The molecular formula is C20H16FN5O. The molecular weight excluding hydrogens is 345 g/mol. The van der Waals surface area contributed by atoms with E-state index in [1.165, 1.54) is 6.07 Å². The Hall–Kier alpha value is -3.74. The maximum absolute atomic E-state index is 14.0. The molecule has 6 nitrogen and oxygen atoms in total. The fraction of sp³-hybridized carbons (Fsp3) is 0.0500. The van der Waals surface area contributed by atoms with E-state index in [0.29, 0.717) is 29.2 Å². The second-order valence-corrected chi connectivity index (χ2v) is 6.06. The number of hydrogen-bond acceptors (Lipinski definition) is 4. The number of benzene rings is 2. The summed E-state index contributed by atoms with van der Waals surface area (Å²) in [4.78, 5) is 15.9. The van der Waals surface area contributed by atoms with E-state index in [4.69, 9.17) is 5.73 Å². The van der Waals surface area contributed by atoms with Crippen LogP contribution in [0.15, 0.2) is 67.0 Å². The number of anilines is 2. The van der Waals surface area contributed by atoms with Gasteiger partial charge in [-0.05, 0) is 18.2 Å². The maximum atomic E-state index is 14.0. The molecule has 7 heteroatoms. The van der Waals surface area contributed by atoms with E-state index in [1.54, 1.807) is 65.6 Å². The fourth-order valence-corrected chi connectivity index (χ4v) is 2.90. The second-order valence-electron chi connectivity index (χ2n) is 6.06. The Labute approximate surface area is 154 Å². The first kappa shape index (κ1) is 16.7. The number of halogens is 1. The maximum Gasteiger partial charge on any atom is 0.250 e. The van der Waals surface area contributed by atoms with Crippen LogP contribution in [0.2, 0.25) is 0 Å². The molecule has 2 aromatic carbocycles. The molecule has 0 unspecified atom stereocenters. The lowest BCUT2D eigenvalue weighted by Crippen LogP contribution is -2.13. The molecule has 3 N–H and O–H groups in total. The van der Waals surface area contributed by atoms with Crippen LogP contribution in [0.25, 0.3) is 10.9 Å². The van der Waals surface area contributed by atoms with Crippen molar-refractivity contribution in [3.63, 3.8) is 0 Å². The highest BCUT2D eigenvalue weighted by molar-refractivity contribution is 5.99. The van der Waals surface area contributed by atoms with Crippen LogP contribution >= 0.6 is 0 Å². The molecule has 0 bridgehead atoms. The molecule has 4 aromatic rings. The van der Waals surface area contributed by atoms with E-state index in [9.17, 15) is 9.18 Å². The third-order valence-corrected chi connectivity index (χ3v) is 4.26. The zero-order chi connectivity index (χ0) is 18.8. The average molecular weight is 361 g/mol. The van der Waals surface area contributed by atoms with Gasteiger partial charge in [-0.1, -0.05) is 30.3 Å². The molecule has 0 aliphatic heterocycles. The number of fused-ring (bicyclic) bond motifs is 1. The number of nitrogens with two attached hydrogens (primary N) is 1. The van der Waals surface area contributed by atoms with E-state index in [0.717, 1.165) is 10.9 Å². The predicted molar refractivity (Wildman–Crippen MR) is 101 cm³/mol. The molecule has 0 radical (unpaired) electrons. The zero-order valence-corrected chi connectivity index (χ0v) is 14.3. The number of amides is 1. The summed E-state index contributed by atoms with van der Waals surface area (Å²) in [6.45, 7) is 0.303. The summed E-state index contributed by atoms with van der Waals surface area (Å²) >= 11 is 0. The Bertz CT molecular complexity index is 1140. The number of primary amides is 1. The molecule has 2 aromatic heterocycles. The number of carbonyl (C=O) groups is 1. The van der Waals surface area contributed by atoms with Crippen molar-refractivity contribution in [3.05, 3.63) is 83.9 Å². The lowest BCUT2D eigenvalue weighted by Gasteiger charge is -2.10. The van der Waals surface area contributed by atoms with Crippen LogP contribution in [0.3, 0.4) is 0 Å². The van der Waals surface area contributed by atoms with Gasteiger partial charge in [0.15, 0.2) is 0 Å². The molecule has 134 valence electrons.